The van der Waals surface area contributed by atoms with E-state index < -0.39 is 57.2 Å². The van der Waals surface area contributed by atoms with Gasteiger partial charge in [0.25, 0.3) is 5.91 Å². The fourth-order valence-corrected chi connectivity index (χ4v) is 5.39. The number of amides is 4. The largest absolute Gasteiger partial charge is 0.347 e. The number of nitrogens with one attached hydrogen (secondary N) is 4. The van der Waals surface area contributed by atoms with Crippen molar-refractivity contribution in [3.63, 3.8) is 0 Å². The Morgan fingerprint density at radius 1 is 0.816 bits per heavy atom. The second-order valence-corrected chi connectivity index (χ2v) is 13.5. The van der Waals surface area contributed by atoms with Crippen molar-refractivity contribution in [2.75, 3.05) is 12.0 Å². The molecule has 12 heteroatoms. The Bertz CT molecular complexity index is 972. The Labute approximate surface area is 225 Å². The maximum absolute atomic E-state index is 13.3. The van der Waals surface area contributed by atoms with Crippen LogP contribution in [-0.4, -0.2) is 74.0 Å². The summed E-state index contributed by atoms with van der Waals surface area (Å²) in [6, 6.07) is -3.27. The Morgan fingerprint density at radius 3 is 1.92 bits per heavy atom. The van der Waals surface area contributed by atoms with Gasteiger partial charge in [-0.25, -0.2) is 8.42 Å². The standard InChI is InChI=1S/C26H44N4O7S/c1-16(2)14-21(30-25(34)22(27-17(3)31)15-18-8-6-5-7-9-18)24(33)29-20(12-13-38(4,36)37)23(32)26(35)28-19-10-11-19/h16,18-22H,5-15H2,1-4H3,(H,27,31)(H,28,35)(H,29,33)(H,30,34)/t20-,21-,22-/m0/s1. The Hall–Kier alpha value is -2.50. The van der Waals surface area contributed by atoms with Crippen molar-refractivity contribution in [1.29, 1.82) is 0 Å². The number of carbonyl (C=O) groups is 5. The van der Waals surface area contributed by atoms with Gasteiger partial charge in [-0.05, 0) is 43.9 Å². The molecule has 0 bridgehead atoms. The molecule has 0 saturated heterocycles. The van der Waals surface area contributed by atoms with Crippen molar-refractivity contribution in [3.05, 3.63) is 0 Å². The van der Waals surface area contributed by atoms with Gasteiger partial charge in [0.05, 0.1) is 11.8 Å². The van der Waals surface area contributed by atoms with Crippen LogP contribution in [0, 0.1) is 11.8 Å². The van der Waals surface area contributed by atoms with E-state index in [9.17, 15) is 32.4 Å². The lowest BCUT2D eigenvalue weighted by molar-refractivity contribution is -0.140. The molecule has 4 amide bonds. The van der Waals surface area contributed by atoms with Gasteiger partial charge in [0, 0.05) is 19.2 Å². The molecule has 0 heterocycles. The van der Waals surface area contributed by atoms with Crippen molar-refractivity contribution >= 4 is 39.2 Å². The van der Waals surface area contributed by atoms with Gasteiger partial charge in [-0.15, -0.1) is 0 Å². The molecular formula is C26H44N4O7S. The van der Waals surface area contributed by atoms with Crippen LogP contribution in [-0.2, 0) is 33.8 Å². The summed E-state index contributed by atoms with van der Waals surface area (Å²) in [5, 5.41) is 10.5. The topological polar surface area (TPSA) is 168 Å². The lowest BCUT2D eigenvalue weighted by Gasteiger charge is -2.29. The molecule has 2 aliphatic rings. The first kappa shape index (κ1) is 31.7. The van der Waals surface area contributed by atoms with Crippen LogP contribution < -0.4 is 21.3 Å². The van der Waals surface area contributed by atoms with E-state index in [1.54, 1.807) is 0 Å². The Morgan fingerprint density at radius 2 is 1.39 bits per heavy atom. The number of rotatable bonds is 15. The van der Waals surface area contributed by atoms with E-state index in [0.29, 0.717) is 12.3 Å². The molecule has 0 aromatic rings. The van der Waals surface area contributed by atoms with E-state index in [2.05, 4.69) is 21.3 Å². The average molecular weight is 557 g/mol. The molecule has 2 fully saturated rings. The smallest absolute Gasteiger partial charge is 0.289 e. The molecule has 0 spiro atoms. The number of carbonyl (C=O) groups excluding carboxylic acids is 5. The zero-order valence-electron chi connectivity index (χ0n) is 23.0. The zero-order chi connectivity index (χ0) is 28.5. The highest BCUT2D eigenvalue weighted by Gasteiger charge is 2.35. The maximum atomic E-state index is 13.3. The molecular weight excluding hydrogens is 512 g/mol. The highest BCUT2D eigenvalue weighted by atomic mass is 32.2. The van der Waals surface area contributed by atoms with Gasteiger partial charge in [0.15, 0.2) is 0 Å². The highest BCUT2D eigenvalue weighted by Crippen LogP contribution is 2.27. The van der Waals surface area contributed by atoms with Gasteiger partial charge in [-0.1, -0.05) is 46.0 Å². The fourth-order valence-electron chi connectivity index (χ4n) is 4.72. The van der Waals surface area contributed by atoms with Crippen LogP contribution in [0.15, 0.2) is 0 Å². The molecule has 2 saturated carbocycles. The van der Waals surface area contributed by atoms with Gasteiger partial charge in [-0.2, -0.15) is 0 Å². The lowest BCUT2D eigenvalue weighted by atomic mass is 9.84. The summed E-state index contributed by atoms with van der Waals surface area (Å²) in [5.41, 5.74) is 0. The second-order valence-electron chi connectivity index (χ2n) is 11.3. The van der Waals surface area contributed by atoms with Crippen LogP contribution in [0.1, 0.15) is 85.0 Å². The van der Waals surface area contributed by atoms with Crippen molar-refractivity contribution in [3.8, 4) is 0 Å². The summed E-state index contributed by atoms with van der Waals surface area (Å²) in [5.74, 6) is -3.41. The Balaban J connectivity index is 2.15. The van der Waals surface area contributed by atoms with E-state index in [1.807, 2.05) is 13.8 Å². The monoisotopic (exact) mass is 556 g/mol. The molecule has 0 aromatic carbocycles. The minimum Gasteiger partial charge on any atom is -0.347 e. The van der Waals surface area contributed by atoms with E-state index in [-0.39, 0.29) is 30.7 Å². The first-order chi connectivity index (χ1) is 17.7. The van der Waals surface area contributed by atoms with E-state index in [1.165, 1.54) is 6.92 Å². The summed E-state index contributed by atoms with van der Waals surface area (Å²) in [6.07, 6.45) is 8.25. The van der Waals surface area contributed by atoms with Crippen LogP contribution >= 0.6 is 0 Å². The van der Waals surface area contributed by atoms with Gasteiger partial charge < -0.3 is 21.3 Å². The predicted octanol–water partition coefficient (Wildman–Crippen LogP) is 0.760. The quantitative estimate of drug-likeness (QED) is 0.216. The van der Waals surface area contributed by atoms with Crippen LogP contribution in [0.4, 0.5) is 0 Å². The number of hydrogen-bond donors (Lipinski definition) is 4. The van der Waals surface area contributed by atoms with Crippen LogP contribution in [0.25, 0.3) is 0 Å². The Kier molecular flexibility index (Phi) is 12.2. The summed E-state index contributed by atoms with van der Waals surface area (Å²) in [4.78, 5) is 63.6. The molecule has 2 rings (SSSR count). The zero-order valence-corrected chi connectivity index (χ0v) is 23.8. The van der Waals surface area contributed by atoms with Crippen molar-refractivity contribution in [2.24, 2.45) is 11.8 Å². The minimum atomic E-state index is -3.47. The van der Waals surface area contributed by atoms with Gasteiger partial charge in [0.2, 0.25) is 23.5 Å². The number of ketones is 1. The lowest BCUT2D eigenvalue weighted by Crippen LogP contribution is -2.57. The van der Waals surface area contributed by atoms with Crippen LogP contribution in [0.2, 0.25) is 0 Å². The third kappa shape index (κ3) is 11.9. The van der Waals surface area contributed by atoms with E-state index >= 15 is 0 Å². The summed E-state index contributed by atoms with van der Waals surface area (Å²) in [6.45, 7) is 5.08. The SMILES string of the molecule is CC(=O)N[C@@H](CC1CCCCC1)C(=O)N[C@@H](CC(C)C)C(=O)N[C@@H](CCS(C)(=O)=O)C(=O)C(=O)NC1CC1. The van der Waals surface area contributed by atoms with Gasteiger partial charge >= 0.3 is 0 Å². The summed E-state index contributed by atoms with van der Waals surface area (Å²) >= 11 is 0. The van der Waals surface area contributed by atoms with Crippen molar-refractivity contribution < 1.29 is 32.4 Å². The normalized spacial score (nSPS) is 18.7. The predicted molar refractivity (Wildman–Crippen MR) is 143 cm³/mol. The molecule has 11 nitrogen and oxygen atoms in total. The first-order valence-electron chi connectivity index (χ1n) is 13.7. The van der Waals surface area contributed by atoms with E-state index in [4.69, 9.17) is 0 Å². The van der Waals surface area contributed by atoms with Gasteiger partial charge in [-0.3, -0.25) is 24.0 Å². The molecule has 4 N–H and O–H groups in total. The number of sulfone groups is 1. The number of hydrogen-bond acceptors (Lipinski definition) is 7. The third-order valence-electron chi connectivity index (χ3n) is 6.87. The molecule has 2 aliphatic carbocycles. The minimum absolute atomic E-state index is 0.00746. The molecule has 216 valence electrons. The van der Waals surface area contributed by atoms with Crippen molar-refractivity contribution in [1.82, 2.24) is 21.3 Å². The first-order valence-corrected chi connectivity index (χ1v) is 15.7. The fraction of sp³-hybridized carbons (Fsp3) is 0.808. The van der Waals surface area contributed by atoms with Crippen molar-refractivity contribution in [2.45, 2.75) is 109 Å². The van der Waals surface area contributed by atoms with Crippen LogP contribution in [0.5, 0.6) is 0 Å². The number of Topliss-reactive ketones (excluding diaryl/α,β-unsaturated/α-hetero) is 1. The third-order valence-corrected chi connectivity index (χ3v) is 7.85. The molecule has 0 radical (unpaired) electrons. The highest BCUT2D eigenvalue weighted by molar-refractivity contribution is 7.90. The molecule has 0 unspecified atom stereocenters. The van der Waals surface area contributed by atoms with E-state index in [0.717, 1.165) is 51.2 Å². The molecule has 38 heavy (non-hydrogen) atoms. The molecule has 3 atom stereocenters. The molecule has 0 aliphatic heterocycles. The average Bonchev–Trinajstić information content (AvgIpc) is 3.63. The van der Waals surface area contributed by atoms with Crippen LogP contribution in [0.3, 0.4) is 0 Å². The summed E-state index contributed by atoms with van der Waals surface area (Å²) < 4.78 is 23.5. The second kappa shape index (κ2) is 14.6. The maximum Gasteiger partial charge on any atom is 0.289 e. The molecule has 0 aromatic heterocycles. The van der Waals surface area contributed by atoms with Gasteiger partial charge in [0.1, 0.15) is 21.9 Å². The summed E-state index contributed by atoms with van der Waals surface area (Å²) in [7, 11) is -3.47.